The fourth-order valence-electron chi connectivity index (χ4n) is 4.83. The molecule has 0 unspecified atom stereocenters. The maximum atomic E-state index is 12.0. The van der Waals surface area contributed by atoms with E-state index in [2.05, 4.69) is 0 Å². The van der Waals surface area contributed by atoms with Crippen molar-refractivity contribution in [2.75, 3.05) is 0 Å². The second-order valence-corrected chi connectivity index (χ2v) is 14.6. The summed E-state index contributed by atoms with van der Waals surface area (Å²) in [5.74, 6) is -0.281. The minimum atomic E-state index is -1.43. The molecule has 0 aromatic heterocycles. The molecule has 4 aromatic rings. The molecule has 0 aliphatic rings. The summed E-state index contributed by atoms with van der Waals surface area (Å²) in [5, 5.41) is 39.1. The highest BCUT2D eigenvalue weighted by atomic mass is 16.5. The topological polar surface area (TPSA) is 158 Å². The highest BCUT2D eigenvalue weighted by Crippen LogP contribution is 2.25. The first-order valence-electron chi connectivity index (χ1n) is 16.6. The maximum Gasteiger partial charge on any atom is 0.193 e. The maximum absolute atomic E-state index is 12.0. The molecule has 9 nitrogen and oxygen atoms in total. The summed E-state index contributed by atoms with van der Waals surface area (Å²) in [6.07, 6.45) is 1.60. The Hall–Kier alpha value is -4.80. The Bertz CT molecular complexity index is 1670. The summed E-state index contributed by atoms with van der Waals surface area (Å²) >= 11 is 0. The summed E-state index contributed by atoms with van der Waals surface area (Å²) < 4.78 is 5.67. The number of aryl methyl sites for hydroxylation is 2. The molecule has 9 heteroatoms. The van der Waals surface area contributed by atoms with Crippen molar-refractivity contribution < 1.29 is 44.3 Å². The Morgan fingerprint density at radius 3 is 0.784 bits per heavy atom. The normalized spacial score (nSPS) is 12.0. The van der Waals surface area contributed by atoms with E-state index >= 15 is 0 Å². The van der Waals surface area contributed by atoms with Crippen molar-refractivity contribution in [1.29, 1.82) is 0 Å². The molecule has 270 valence electrons. The number of carbonyl (C=O) groups excluding carboxylic acids is 4. The number of aliphatic hydroxyl groups is 4. The van der Waals surface area contributed by atoms with Gasteiger partial charge in [0.25, 0.3) is 0 Å². The lowest BCUT2D eigenvalue weighted by molar-refractivity contribution is 0.0487. The number of ketones is 4. The SMILES string of the molecule is CC(C)(O)C(=O)c1ccc(CCc2ccc(C(=O)C(C)(C)O)cc2)cc1.CC(C)(O)C(=O)c1ccc(Oc2ccc(C(=O)C(C)(C)O)cc2)cc1. The molecule has 0 saturated carbocycles. The molecule has 0 bridgehead atoms. The molecule has 4 N–H and O–H groups in total. The van der Waals surface area contributed by atoms with Crippen molar-refractivity contribution in [3.63, 3.8) is 0 Å². The van der Waals surface area contributed by atoms with Gasteiger partial charge in [-0.1, -0.05) is 48.5 Å². The van der Waals surface area contributed by atoms with Gasteiger partial charge in [-0.15, -0.1) is 0 Å². The lowest BCUT2D eigenvalue weighted by atomic mass is 9.94. The molecule has 0 amide bonds. The molecule has 0 spiro atoms. The number of hydrogen-bond donors (Lipinski definition) is 4. The Morgan fingerprint density at radius 1 is 0.392 bits per heavy atom. The minimum Gasteiger partial charge on any atom is -0.457 e. The highest BCUT2D eigenvalue weighted by Gasteiger charge is 2.27. The largest absolute Gasteiger partial charge is 0.457 e. The quantitative estimate of drug-likeness (QED) is 0.111. The minimum absolute atomic E-state index is 0.295. The average Bonchev–Trinajstić information content (AvgIpc) is 3.06. The van der Waals surface area contributed by atoms with E-state index in [0.717, 1.165) is 24.0 Å². The van der Waals surface area contributed by atoms with E-state index in [4.69, 9.17) is 4.74 Å². The molecule has 0 heterocycles. The first-order chi connectivity index (χ1) is 23.5. The number of benzene rings is 4. The van der Waals surface area contributed by atoms with Gasteiger partial charge in [0, 0.05) is 22.3 Å². The molecule has 4 rings (SSSR count). The third-order valence-corrected chi connectivity index (χ3v) is 7.83. The van der Waals surface area contributed by atoms with Gasteiger partial charge in [0.15, 0.2) is 23.1 Å². The van der Waals surface area contributed by atoms with E-state index in [1.54, 1.807) is 72.8 Å². The van der Waals surface area contributed by atoms with Gasteiger partial charge >= 0.3 is 0 Å². The van der Waals surface area contributed by atoms with Crippen molar-refractivity contribution in [3.05, 3.63) is 130 Å². The summed E-state index contributed by atoms with van der Waals surface area (Å²) in [4.78, 5) is 48.0. The zero-order valence-electron chi connectivity index (χ0n) is 30.5. The van der Waals surface area contributed by atoms with Gasteiger partial charge in [0.05, 0.1) is 0 Å². The lowest BCUT2D eigenvalue weighted by Crippen LogP contribution is -2.31. The molecule has 0 radical (unpaired) electrons. The molecule has 0 atom stereocenters. The fourth-order valence-corrected chi connectivity index (χ4v) is 4.83. The van der Waals surface area contributed by atoms with E-state index in [1.165, 1.54) is 55.4 Å². The number of Topliss-reactive ketones (excluding diaryl/α,β-unsaturated/α-hetero) is 4. The molecular formula is C42H48O9. The zero-order valence-corrected chi connectivity index (χ0v) is 30.5. The zero-order chi connectivity index (χ0) is 38.4. The van der Waals surface area contributed by atoms with Crippen LogP contribution in [0, 0.1) is 0 Å². The second kappa shape index (κ2) is 16.0. The predicted octanol–water partition coefficient (Wildman–Crippen LogP) is 6.77. The standard InChI is InChI=1S/C22H26O4.C20H22O5/c1-21(2,25)19(23)17-11-7-15(8-12-17)5-6-16-9-13-18(14-10-16)20(24)22(3,4)26;1-19(2,23)17(21)13-5-9-15(10-6-13)25-16-11-7-14(8-12-16)18(22)20(3,4)24/h7-14,25-26H,5-6H2,1-4H3;5-12,23-24H,1-4H3. The van der Waals surface area contributed by atoms with Crippen LogP contribution in [0.3, 0.4) is 0 Å². The molecule has 4 aromatic carbocycles. The van der Waals surface area contributed by atoms with Crippen LogP contribution in [0.2, 0.25) is 0 Å². The molecule has 0 saturated heterocycles. The van der Waals surface area contributed by atoms with Crippen LogP contribution in [0.25, 0.3) is 0 Å². The smallest absolute Gasteiger partial charge is 0.193 e. The van der Waals surface area contributed by atoms with E-state index in [1.807, 2.05) is 24.3 Å². The van der Waals surface area contributed by atoms with E-state index < -0.39 is 22.4 Å². The van der Waals surface area contributed by atoms with Crippen LogP contribution in [-0.2, 0) is 12.8 Å². The van der Waals surface area contributed by atoms with Crippen molar-refractivity contribution in [2.45, 2.75) is 90.6 Å². The van der Waals surface area contributed by atoms with Gasteiger partial charge in [-0.25, -0.2) is 0 Å². The summed E-state index contributed by atoms with van der Waals surface area (Å²) in [6, 6.07) is 27.4. The number of carbonyl (C=O) groups is 4. The van der Waals surface area contributed by atoms with E-state index in [9.17, 15) is 39.6 Å². The molecule has 0 fully saturated rings. The third-order valence-electron chi connectivity index (χ3n) is 7.83. The number of hydrogen-bond acceptors (Lipinski definition) is 9. The van der Waals surface area contributed by atoms with Crippen molar-refractivity contribution in [2.24, 2.45) is 0 Å². The van der Waals surface area contributed by atoms with Crippen LogP contribution in [-0.4, -0.2) is 66.0 Å². The Labute approximate surface area is 299 Å². The average molecular weight is 697 g/mol. The third kappa shape index (κ3) is 11.9. The van der Waals surface area contributed by atoms with E-state index in [-0.39, 0.29) is 23.1 Å². The van der Waals surface area contributed by atoms with Gasteiger partial charge in [-0.3, -0.25) is 19.2 Å². The first kappa shape index (κ1) is 40.6. The Balaban J connectivity index is 0.000000276. The second-order valence-electron chi connectivity index (χ2n) is 14.6. The van der Waals surface area contributed by atoms with Gasteiger partial charge in [0.1, 0.15) is 33.9 Å². The fraction of sp³-hybridized carbons (Fsp3) is 0.333. The van der Waals surface area contributed by atoms with Crippen LogP contribution >= 0.6 is 0 Å². The van der Waals surface area contributed by atoms with Gasteiger partial charge in [-0.05, 0) is 128 Å². The van der Waals surface area contributed by atoms with Gasteiger partial charge in [-0.2, -0.15) is 0 Å². The molecule has 0 aliphatic carbocycles. The lowest BCUT2D eigenvalue weighted by Gasteiger charge is -2.16. The van der Waals surface area contributed by atoms with Crippen molar-refractivity contribution in [1.82, 2.24) is 0 Å². The first-order valence-corrected chi connectivity index (χ1v) is 16.6. The predicted molar refractivity (Wildman–Crippen MR) is 196 cm³/mol. The molecular weight excluding hydrogens is 648 g/mol. The number of ether oxygens (including phenoxy) is 1. The summed E-state index contributed by atoms with van der Waals surface area (Å²) in [5.41, 5.74) is -1.63. The van der Waals surface area contributed by atoms with Crippen LogP contribution < -0.4 is 4.74 Å². The van der Waals surface area contributed by atoms with Crippen molar-refractivity contribution >= 4 is 23.1 Å². The monoisotopic (exact) mass is 696 g/mol. The Morgan fingerprint density at radius 2 is 0.588 bits per heavy atom. The van der Waals surface area contributed by atoms with Crippen LogP contribution in [0.1, 0.15) is 108 Å². The molecule has 0 aliphatic heterocycles. The van der Waals surface area contributed by atoms with Crippen LogP contribution in [0.15, 0.2) is 97.1 Å². The summed E-state index contributed by atoms with van der Waals surface area (Å²) in [6.45, 7) is 11.7. The van der Waals surface area contributed by atoms with Crippen LogP contribution in [0.4, 0.5) is 0 Å². The highest BCUT2D eigenvalue weighted by molar-refractivity contribution is 6.03. The van der Waals surface area contributed by atoms with E-state index in [0.29, 0.717) is 33.8 Å². The number of rotatable bonds is 13. The Kier molecular flexibility index (Phi) is 12.8. The van der Waals surface area contributed by atoms with Gasteiger partial charge in [0.2, 0.25) is 0 Å². The van der Waals surface area contributed by atoms with Crippen LogP contribution in [0.5, 0.6) is 11.5 Å². The molecule has 51 heavy (non-hydrogen) atoms. The van der Waals surface area contributed by atoms with Crippen molar-refractivity contribution in [3.8, 4) is 11.5 Å². The van der Waals surface area contributed by atoms with Gasteiger partial charge < -0.3 is 25.2 Å². The summed E-state index contributed by atoms with van der Waals surface area (Å²) in [7, 11) is 0.